The number of nitrogens with two attached hydrogens (primary N) is 1. The lowest BCUT2D eigenvalue weighted by Gasteiger charge is -2.02. The summed E-state index contributed by atoms with van der Waals surface area (Å²) >= 11 is 5.44. The van der Waals surface area contributed by atoms with Gasteiger partial charge in [0, 0.05) is 6.20 Å². The standard InChI is InChI=1S/C7H6ClFN2O2/c8-4-1-2-11-5(6(4)9)3-13-7(10)12/h1-2H,3H2,(H2,10,12). The van der Waals surface area contributed by atoms with Crippen LogP contribution in [0.1, 0.15) is 5.69 Å². The number of halogens is 2. The Bertz CT molecular complexity index is 332. The first-order chi connectivity index (χ1) is 6.11. The number of ether oxygens (including phenoxy) is 1. The van der Waals surface area contributed by atoms with Gasteiger partial charge < -0.3 is 10.5 Å². The van der Waals surface area contributed by atoms with Crippen LogP contribution >= 0.6 is 11.6 Å². The van der Waals surface area contributed by atoms with Gasteiger partial charge in [-0.15, -0.1) is 0 Å². The molecule has 0 atom stereocenters. The Morgan fingerprint density at radius 2 is 2.46 bits per heavy atom. The summed E-state index contributed by atoms with van der Waals surface area (Å²) in [5.41, 5.74) is 4.63. The minimum atomic E-state index is -0.985. The van der Waals surface area contributed by atoms with Gasteiger partial charge in [-0.1, -0.05) is 11.6 Å². The monoisotopic (exact) mass is 204 g/mol. The number of primary amides is 1. The van der Waals surface area contributed by atoms with Crippen LogP contribution in [0.4, 0.5) is 9.18 Å². The van der Waals surface area contributed by atoms with Crippen LogP contribution in [0.3, 0.4) is 0 Å². The predicted octanol–water partition coefficient (Wildman–Crippen LogP) is 1.47. The van der Waals surface area contributed by atoms with E-state index in [0.29, 0.717) is 0 Å². The summed E-state index contributed by atoms with van der Waals surface area (Å²) in [7, 11) is 0. The SMILES string of the molecule is NC(=O)OCc1nccc(Cl)c1F. The molecular weight excluding hydrogens is 199 g/mol. The number of pyridine rings is 1. The summed E-state index contributed by atoms with van der Waals surface area (Å²) in [6.07, 6.45) is 0.326. The first-order valence-electron chi connectivity index (χ1n) is 3.32. The Morgan fingerprint density at radius 3 is 3.08 bits per heavy atom. The first-order valence-corrected chi connectivity index (χ1v) is 3.70. The van der Waals surface area contributed by atoms with Gasteiger partial charge in [-0.3, -0.25) is 4.98 Å². The van der Waals surface area contributed by atoms with Gasteiger partial charge in [0.2, 0.25) is 0 Å². The summed E-state index contributed by atoms with van der Waals surface area (Å²) in [5.74, 6) is -0.703. The third-order valence-electron chi connectivity index (χ3n) is 1.27. The Morgan fingerprint density at radius 1 is 1.77 bits per heavy atom. The van der Waals surface area contributed by atoms with Gasteiger partial charge in [-0.25, -0.2) is 9.18 Å². The second kappa shape index (κ2) is 4.04. The van der Waals surface area contributed by atoms with E-state index in [1.165, 1.54) is 12.3 Å². The summed E-state index contributed by atoms with van der Waals surface area (Å²) in [6, 6.07) is 1.30. The van der Waals surface area contributed by atoms with E-state index in [-0.39, 0.29) is 17.3 Å². The van der Waals surface area contributed by atoms with E-state index in [1.807, 2.05) is 0 Å². The molecule has 2 N–H and O–H groups in total. The molecule has 0 bridgehead atoms. The van der Waals surface area contributed by atoms with E-state index in [0.717, 1.165) is 0 Å². The summed E-state index contributed by atoms with van der Waals surface area (Å²) in [4.78, 5) is 13.8. The number of rotatable bonds is 2. The normalized spacial score (nSPS) is 9.69. The molecule has 1 aromatic rings. The zero-order chi connectivity index (χ0) is 9.84. The second-order valence-corrected chi connectivity index (χ2v) is 2.57. The minimum absolute atomic E-state index is 0.0497. The molecule has 0 aliphatic rings. The first kappa shape index (κ1) is 9.73. The summed E-state index contributed by atoms with van der Waals surface area (Å²) < 4.78 is 17.4. The average Bonchev–Trinajstić information content (AvgIpc) is 2.07. The summed E-state index contributed by atoms with van der Waals surface area (Å²) in [6.45, 7) is -0.318. The van der Waals surface area contributed by atoms with Crippen molar-refractivity contribution in [2.75, 3.05) is 0 Å². The van der Waals surface area contributed by atoms with Gasteiger partial charge in [0.1, 0.15) is 12.3 Å². The number of carbonyl (C=O) groups excluding carboxylic acids is 1. The molecule has 0 radical (unpaired) electrons. The Hall–Kier alpha value is -1.36. The Kier molecular flexibility index (Phi) is 3.02. The quantitative estimate of drug-likeness (QED) is 0.793. The molecule has 4 nitrogen and oxygen atoms in total. The Balaban J connectivity index is 2.77. The van der Waals surface area contributed by atoms with Gasteiger partial charge in [-0.2, -0.15) is 0 Å². The molecule has 0 aromatic carbocycles. The van der Waals surface area contributed by atoms with Crippen molar-refractivity contribution in [2.45, 2.75) is 6.61 Å². The molecular formula is C7H6ClFN2O2. The second-order valence-electron chi connectivity index (χ2n) is 2.16. The predicted molar refractivity (Wildman–Crippen MR) is 43.6 cm³/mol. The molecule has 0 aliphatic carbocycles. The van der Waals surface area contributed by atoms with Gasteiger partial charge in [0.05, 0.1) is 5.02 Å². The topological polar surface area (TPSA) is 65.2 Å². The molecule has 1 aromatic heterocycles. The minimum Gasteiger partial charge on any atom is -0.443 e. The number of carbonyl (C=O) groups is 1. The van der Waals surface area contributed by atoms with Crippen molar-refractivity contribution in [3.05, 3.63) is 28.8 Å². The lowest BCUT2D eigenvalue weighted by Crippen LogP contribution is -2.13. The maximum atomic E-state index is 13.0. The van der Waals surface area contributed by atoms with Crippen LogP contribution < -0.4 is 5.73 Å². The van der Waals surface area contributed by atoms with Gasteiger partial charge >= 0.3 is 6.09 Å². The fraction of sp³-hybridized carbons (Fsp3) is 0.143. The highest BCUT2D eigenvalue weighted by Gasteiger charge is 2.08. The number of hydrogen-bond acceptors (Lipinski definition) is 3. The van der Waals surface area contributed by atoms with Crippen LogP contribution in [0.25, 0.3) is 0 Å². The third-order valence-corrected chi connectivity index (χ3v) is 1.56. The molecule has 1 amide bonds. The van der Waals surface area contributed by atoms with E-state index in [2.05, 4.69) is 15.5 Å². The number of amides is 1. The number of nitrogens with zero attached hydrogens (tertiary/aromatic N) is 1. The molecule has 0 saturated heterocycles. The van der Waals surface area contributed by atoms with Gasteiger partial charge in [0.25, 0.3) is 0 Å². The van der Waals surface area contributed by atoms with E-state index >= 15 is 0 Å². The van der Waals surface area contributed by atoms with Crippen molar-refractivity contribution >= 4 is 17.7 Å². The van der Waals surface area contributed by atoms with Crippen molar-refractivity contribution < 1.29 is 13.9 Å². The Labute approximate surface area is 78.5 Å². The van der Waals surface area contributed by atoms with E-state index < -0.39 is 11.9 Å². The zero-order valence-corrected chi connectivity index (χ0v) is 7.21. The van der Waals surface area contributed by atoms with Crippen LogP contribution in [-0.4, -0.2) is 11.1 Å². The molecule has 0 unspecified atom stereocenters. The van der Waals surface area contributed by atoms with Crippen molar-refractivity contribution in [1.82, 2.24) is 4.98 Å². The van der Waals surface area contributed by atoms with Crippen molar-refractivity contribution in [2.24, 2.45) is 5.73 Å². The highest BCUT2D eigenvalue weighted by Crippen LogP contribution is 2.15. The molecule has 1 rings (SSSR count). The lowest BCUT2D eigenvalue weighted by atomic mass is 10.3. The fourth-order valence-electron chi connectivity index (χ4n) is 0.700. The van der Waals surface area contributed by atoms with Crippen molar-refractivity contribution in [3.8, 4) is 0 Å². The van der Waals surface area contributed by atoms with E-state index in [9.17, 15) is 9.18 Å². The van der Waals surface area contributed by atoms with Crippen LogP contribution in [0.2, 0.25) is 5.02 Å². The molecule has 13 heavy (non-hydrogen) atoms. The van der Waals surface area contributed by atoms with Gasteiger partial charge in [0.15, 0.2) is 5.82 Å². The summed E-state index contributed by atoms with van der Waals surface area (Å²) in [5, 5.41) is -0.0712. The van der Waals surface area contributed by atoms with Crippen molar-refractivity contribution in [1.29, 1.82) is 0 Å². The van der Waals surface area contributed by atoms with Crippen LogP contribution in [0.15, 0.2) is 12.3 Å². The highest BCUT2D eigenvalue weighted by molar-refractivity contribution is 6.30. The highest BCUT2D eigenvalue weighted by atomic mass is 35.5. The molecule has 0 spiro atoms. The fourth-order valence-corrected chi connectivity index (χ4v) is 0.866. The van der Waals surface area contributed by atoms with Crippen molar-refractivity contribution in [3.63, 3.8) is 0 Å². The number of hydrogen-bond donors (Lipinski definition) is 1. The van der Waals surface area contributed by atoms with Gasteiger partial charge in [-0.05, 0) is 6.07 Å². The molecule has 6 heteroatoms. The molecule has 0 aliphatic heterocycles. The lowest BCUT2D eigenvalue weighted by molar-refractivity contribution is 0.147. The van der Waals surface area contributed by atoms with E-state index in [1.54, 1.807) is 0 Å². The third kappa shape index (κ3) is 2.55. The molecule has 0 saturated carbocycles. The maximum Gasteiger partial charge on any atom is 0.404 e. The largest absolute Gasteiger partial charge is 0.443 e. The molecule has 0 fully saturated rings. The maximum absolute atomic E-state index is 13.0. The molecule has 70 valence electrons. The van der Waals surface area contributed by atoms with Crippen LogP contribution in [-0.2, 0) is 11.3 Å². The van der Waals surface area contributed by atoms with Crippen LogP contribution in [0.5, 0.6) is 0 Å². The smallest absolute Gasteiger partial charge is 0.404 e. The van der Waals surface area contributed by atoms with Crippen LogP contribution in [0, 0.1) is 5.82 Å². The molecule has 1 heterocycles. The average molecular weight is 205 g/mol. The number of aromatic nitrogens is 1. The van der Waals surface area contributed by atoms with E-state index in [4.69, 9.17) is 11.6 Å². The zero-order valence-electron chi connectivity index (χ0n) is 6.46.